The Balaban J connectivity index is 1.97. The van der Waals surface area contributed by atoms with E-state index in [0.29, 0.717) is 23.6 Å². The van der Waals surface area contributed by atoms with Crippen LogP contribution < -0.4 is 0 Å². The Hall–Kier alpha value is -1.23. The van der Waals surface area contributed by atoms with E-state index in [0.717, 1.165) is 19.4 Å². The number of hydrogen-bond donors (Lipinski definition) is 0. The minimum absolute atomic E-state index is 0.121. The summed E-state index contributed by atoms with van der Waals surface area (Å²) in [5.41, 5.74) is 1.22. The SMILES string of the molecule is Fc1ccc(-c2c(Cl)nc(C3CCCOC3)nc2Cl)cc1. The van der Waals surface area contributed by atoms with Crippen molar-refractivity contribution in [3.8, 4) is 11.1 Å². The molecule has 0 bridgehead atoms. The zero-order valence-corrected chi connectivity index (χ0v) is 12.7. The summed E-state index contributed by atoms with van der Waals surface area (Å²) in [6, 6.07) is 5.92. The molecule has 1 aromatic heterocycles. The topological polar surface area (TPSA) is 35.0 Å². The smallest absolute Gasteiger partial charge is 0.142 e. The third kappa shape index (κ3) is 3.18. The Morgan fingerprint density at radius 1 is 1.10 bits per heavy atom. The van der Waals surface area contributed by atoms with Crippen LogP contribution in [0.2, 0.25) is 10.3 Å². The first-order valence-corrected chi connectivity index (χ1v) is 7.47. The largest absolute Gasteiger partial charge is 0.381 e. The highest BCUT2D eigenvalue weighted by Crippen LogP contribution is 2.34. The fourth-order valence-corrected chi connectivity index (χ4v) is 3.02. The average molecular weight is 327 g/mol. The van der Waals surface area contributed by atoms with Crippen LogP contribution in [-0.2, 0) is 4.74 Å². The Labute approximate surface area is 132 Å². The lowest BCUT2D eigenvalue weighted by Crippen LogP contribution is -2.18. The molecule has 2 heterocycles. The molecule has 1 aromatic carbocycles. The van der Waals surface area contributed by atoms with Crippen molar-refractivity contribution in [1.29, 1.82) is 0 Å². The van der Waals surface area contributed by atoms with Gasteiger partial charge in [-0.25, -0.2) is 14.4 Å². The van der Waals surface area contributed by atoms with E-state index in [2.05, 4.69) is 9.97 Å². The second-order valence-electron chi connectivity index (χ2n) is 4.96. The molecule has 0 aliphatic carbocycles. The van der Waals surface area contributed by atoms with E-state index in [-0.39, 0.29) is 22.0 Å². The summed E-state index contributed by atoms with van der Waals surface area (Å²) in [7, 11) is 0. The zero-order chi connectivity index (χ0) is 14.8. The monoisotopic (exact) mass is 326 g/mol. The molecule has 1 unspecified atom stereocenters. The standard InChI is InChI=1S/C15H13Cl2FN2O/c16-13-12(9-3-5-11(18)6-4-9)14(17)20-15(19-13)10-2-1-7-21-8-10/h3-6,10H,1-2,7-8H2. The van der Waals surface area contributed by atoms with E-state index in [1.165, 1.54) is 12.1 Å². The van der Waals surface area contributed by atoms with Gasteiger partial charge in [0.15, 0.2) is 0 Å². The minimum atomic E-state index is -0.317. The fraction of sp³-hybridized carbons (Fsp3) is 0.333. The summed E-state index contributed by atoms with van der Waals surface area (Å²) in [4.78, 5) is 8.71. The van der Waals surface area contributed by atoms with Gasteiger partial charge in [-0.05, 0) is 30.5 Å². The van der Waals surface area contributed by atoms with Gasteiger partial charge in [-0.1, -0.05) is 35.3 Å². The molecule has 0 radical (unpaired) electrons. The number of nitrogens with zero attached hydrogens (tertiary/aromatic N) is 2. The van der Waals surface area contributed by atoms with Crippen LogP contribution in [0.25, 0.3) is 11.1 Å². The van der Waals surface area contributed by atoms with Gasteiger partial charge >= 0.3 is 0 Å². The Kier molecular flexibility index (Phi) is 4.38. The minimum Gasteiger partial charge on any atom is -0.381 e. The Bertz CT molecular complexity index is 620. The second kappa shape index (κ2) is 6.26. The van der Waals surface area contributed by atoms with Crippen LogP contribution in [0.3, 0.4) is 0 Å². The van der Waals surface area contributed by atoms with Crippen molar-refractivity contribution in [2.75, 3.05) is 13.2 Å². The van der Waals surface area contributed by atoms with Crippen molar-refractivity contribution in [3.63, 3.8) is 0 Å². The molecule has 1 atom stereocenters. The first-order chi connectivity index (χ1) is 10.1. The molecular formula is C15H13Cl2FN2O. The fourth-order valence-electron chi connectivity index (χ4n) is 2.40. The summed E-state index contributed by atoms with van der Waals surface area (Å²) < 4.78 is 18.4. The molecule has 6 heteroatoms. The van der Waals surface area contributed by atoms with Crippen LogP contribution >= 0.6 is 23.2 Å². The summed E-state index contributed by atoms with van der Waals surface area (Å²) in [6.45, 7) is 1.36. The maximum Gasteiger partial charge on any atom is 0.142 e. The predicted octanol–water partition coefficient (Wildman–Crippen LogP) is 4.48. The molecule has 1 saturated heterocycles. The molecule has 0 saturated carbocycles. The molecule has 1 aliphatic heterocycles. The number of ether oxygens (including phenoxy) is 1. The highest BCUT2D eigenvalue weighted by atomic mass is 35.5. The highest BCUT2D eigenvalue weighted by Gasteiger charge is 2.22. The molecule has 110 valence electrons. The molecule has 3 nitrogen and oxygen atoms in total. The Morgan fingerprint density at radius 2 is 1.76 bits per heavy atom. The molecule has 0 N–H and O–H groups in total. The van der Waals surface area contributed by atoms with Crippen LogP contribution in [0.15, 0.2) is 24.3 Å². The van der Waals surface area contributed by atoms with Gasteiger partial charge in [0.25, 0.3) is 0 Å². The van der Waals surface area contributed by atoms with Gasteiger partial charge in [0.2, 0.25) is 0 Å². The number of aromatic nitrogens is 2. The molecule has 2 aromatic rings. The van der Waals surface area contributed by atoms with Crippen molar-refractivity contribution in [1.82, 2.24) is 9.97 Å². The summed E-state index contributed by atoms with van der Waals surface area (Å²) in [5, 5.41) is 0.560. The van der Waals surface area contributed by atoms with E-state index in [1.807, 2.05) is 0 Å². The molecule has 3 rings (SSSR count). The normalized spacial score (nSPS) is 18.7. The molecule has 21 heavy (non-hydrogen) atoms. The molecule has 0 spiro atoms. The van der Waals surface area contributed by atoms with Crippen LogP contribution in [0, 0.1) is 5.82 Å². The third-order valence-electron chi connectivity index (χ3n) is 3.50. The zero-order valence-electron chi connectivity index (χ0n) is 11.2. The van der Waals surface area contributed by atoms with Crippen molar-refractivity contribution in [3.05, 3.63) is 46.2 Å². The lowest BCUT2D eigenvalue weighted by molar-refractivity contribution is 0.0780. The Morgan fingerprint density at radius 3 is 2.33 bits per heavy atom. The van der Waals surface area contributed by atoms with Crippen LogP contribution in [-0.4, -0.2) is 23.2 Å². The average Bonchev–Trinajstić information content (AvgIpc) is 2.49. The van der Waals surface area contributed by atoms with Gasteiger partial charge in [-0.3, -0.25) is 0 Å². The summed E-state index contributed by atoms with van der Waals surface area (Å²) >= 11 is 12.5. The number of halogens is 3. The van der Waals surface area contributed by atoms with Crippen LogP contribution in [0.1, 0.15) is 24.6 Å². The lowest BCUT2D eigenvalue weighted by Gasteiger charge is -2.21. The molecule has 1 fully saturated rings. The summed E-state index contributed by atoms with van der Waals surface area (Å²) in [5.74, 6) is 0.412. The van der Waals surface area contributed by atoms with Crippen molar-refractivity contribution in [2.45, 2.75) is 18.8 Å². The van der Waals surface area contributed by atoms with Crippen molar-refractivity contribution < 1.29 is 9.13 Å². The summed E-state index contributed by atoms with van der Waals surface area (Å²) in [6.07, 6.45) is 1.94. The van der Waals surface area contributed by atoms with Gasteiger partial charge in [-0.15, -0.1) is 0 Å². The number of rotatable bonds is 2. The molecular weight excluding hydrogens is 314 g/mol. The second-order valence-corrected chi connectivity index (χ2v) is 5.68. The van der Waals surface area contributed by atoms with E-state index in [4.69, 9.17) is 27.9 Å². The van der Waals surface area contributed by atoms with Gasteiger partial charge in [0.1, 0.15) is 21.9 Å². The van der Waals surface area contributed by atoms with Gasteiger partial charge in [0, 0.05) is 12.5 Å². The lowest BCUT2D eigenvalue weighted by atomic mass is 10.0. The first-order valence-electron chi connectivity index (χ1n) is 6.72. The maximum absolute atomic E-state index is 13.0. The van der Waals surface area contributed by atoms with E-state index in [9.17, 15) is 4.39 Å². The highest BCUT2D eigenvalue weighted by molar-refractivity contribution is 6.37. The maximum atomic E-state index is 13.0. The van der Waals surface area contributed by atoms with Crippen LogP contribution in [0.4, 0.5) is 4.39 Å². The van der Waals surface area contributed by atoms with Crippen LogP contribution in [0.5, 0.6) is 0 Å². The number of hydrogen-bond acceptors (Lipinski definition) is 3. The van der Waals surface area contributed by atoms with E-state index >= 15 is 0 Å². The van der Waals surface area contributed by atoms with Gasteiger partial charge < -0.3 is 4.74 Å². The van der Waals surface area contributed by atoms with Crippen molar-refractivity contribution in [2.24, 2.45) is 0 Å². The molecule has 1 aliphatic rings. The third-order valence-corrected chi connectivity index (χ3v) is 4.04. The van der Waals surface area contributed by atoms with Gasteiger partial charge in [-0.2, -0.15) is 0 Å². The van der Waals surface area contributed by atoms with Gasteiger partial charge in [0.05, 0.1) is 12.2 Å². The molecule has 0 amide bonds. The number of benzene rings is 1. The quantitative estimate of drug-likeness (QED) is 0.763. The first kappa shape index (κ1) is 14.7. The predicted molar refractivity (Wildman–Crippen MR) is 80.2 cm³/mol. The van der Waals surface area contributed by atoms with E-state index in [1.54, 1.807) is 12.1 Å². The van der Waals surface area contributed by atoms with E-state index < -0.39 is 0 Å². The van der Waals surface area contributed by atoms with Crippen molar-refractivity contribution >= 4 is 23.2 Å².